The van der Waals surface area contributed by atoms with E-state index in [1.807, 2.05) is 22.6 Å². The molecule has 0 fully saturated rings. The number of hydrogen-bond donors (Lipinski definition) is 2. The Kier molecular flexibility index (Phi) is 4.14. The highest BCUT2D eigenvalue weighted by molar-refractivity contribution is 14.1. The zero-order valence-electron chi connectivity index (χ0n) is 7.17. The van der Waals surface area contributed by atoms with Crippen molar-refractivity contribution in [2.24, 2.45) is 5.73 Å². The lowest BCUT2D eigenvalue weighted by Gasteiger charge is -2.10. The molecule has 1 heterocycles. The lowest BCUT2D eigenvalue weighted by molar-refractivity contribution is 0.143. The Morgan fingerprint density at radius 2 is 2.21 bits per heavy atom. The minimum absolute atomic E-state index is 0.0245. The van der Waals surface area contributed by atoms with Gasteiger partial charge < -0.3 is 10.8 Å². The number of nitrogens with zero attached hydrogens (tertiary/aromatic N) is 1. The molecule has 78 valence electrons. The maximum absolute atomic E-state index is 12.5. The van der Waals surface area contributed by atoms with Gasteiger partial charge in [-0.2, -0.15) is 0 Å². The SMILES string of the molecule is NCc1c(I)cc(CO)nc1C(F)F. The lowest BCUT2D eigenvalue weighted by Crippen LogP contribution is -2.09. The summed E-state index contributed by atoms with van der Waals surface area (Å²) in [4.78, 5) is 3.64. The van der Waals surface area contributed by atoms with Crippen LogP contribution < -0.4 is 5.73 Å². The molecule has 3 N–H and O–H groups in total. The van der Waals surface area contributed by atoms with Gasteiger partial charge in [-0.05, 0) is 28.7 Å². The van der Waals surface area contributed by atoms with E-state index in [-0.39, 0.29) is 24.5 Å². The molecule has 1 rings (SSSR count). The van der Waals surface area contributed by atoms with Crippen LogP contribution in [0.1, 0.15) is 23.4 Å². The first kappa shape index (κ1) is 11.7. The van der Waals surface area contributed by atoms with E-state index in [2.05, 4.69) is 4.98 Å². The fraction of sp³-hybridized carbons (Fsp3) is 0.375. The first-order valence-electron chi connectivity index (χ1n) is 3.87. The smallest absolute Gasteiger partial charge is 0.280 e. The zero-order chi connectivity index (χ0) is 10.7. The summed E-state index contributed by atoms with van der Waals surface area (Å²) in [7, 11) is 0. The van der Waals surface area contributed by atoms with Gasteiger partial charge in [0.1, 0.15) is 5.69 Å². The molecular formula is C8H9F2IN2O. The lowest BCUT2D eigenvalue weighted by atomic mass is 10.2. The Labute approximate surface area is 93.5 Å². The Morgan fingerprint density at radius 3 is 2.64 bits per heavy atom. The van der Waals surface area contributed by atoms with Crippen LogP contribution in [0.15, 0.2) is 6.07 Å². The molecule has 0 atom stereocenters. The van der Waals surface area contributed by atoms with Gasteiger partial charge in [0.25, 0.3) is 6.43 Å². The minimum Gasteiger partial charge on any atom is -0.390 e. The molecule has 0 aromatic carbocycles. The van der Waals surface area contributed by atoms with Gasteiger partial charge in [0.2, 0.25) is 0 Å². The van der Waals surface area contributed by atoms with Crippen molar-refractivity contribution in [1.29, 1.82) is 0 Å². The predicted molar refractivity (Wildman–Crippen MR) is 55.7 cm³/mol. The highest BCUT2D eigenvalue weighted by Crippen LogP contribution is 2.25. The van der Waals surface area contributed by atoms with Crippen LogP contribution in [0.5, 0.6) is 0 Å². The van der Waals surface area contributed by atoms with E-state index < -0.39 is 6.43 Å². The second kappa shape index (κ2) is 4.94. The fourth-order valence-corrected chi connectivity index (χ4v) is 1.93. The van der Waals surface area contributed by atoms with Crippen LogP contribution in [0.2, 0.25) is 0 Å². The molecule has 0 saturated heterocycles. The van der Waals surface area contributed by atoms with Crippen molar-refractivity contribution in [3.8, 4) is 0 Å². The number of aliphatic hydroxyl groups excluding tert-OH is 1. The summed E-state index contributed by atoms with van der Waals surface area (Å²) < 4.78 is 25.6. The van der Waals surface area contributed by atoms with Crippen molar-refractivity contribution >= 4 is 22.6 Å². The Balaban J connectivity index is 3.28. The van der Waals surface area contributed by atoms with Gasteiger partial charge in [-0.25, -0.2) is 13.8 Å². The second-order valence-electron chi connectivity index (χ2n) is 2.62. The van der Waals surface area contributed by atoms with Gasteiger partial charge >= 0.3 is 0 Å². The third kappa shape index (κ3) is 2.37. The van der Waals surface area contributed by atoms with Crippen LogP contribution in [-0.2, 0) is 13.2 Å². The molecule has 0 aliphatic rings. The zero-order valence-corrected chi connectivity index (χ0v) is 9.33. The predicted octanol–water partition coefficient (Wildman–Crippen LogP) is 1.57. The van der Waals surface area contributed by atoms with E-state index in [1.165, 1.54) is 0 Å². The highest BCUT2D eigenvalue weighted by Gasteiger charge is 2.17. The van der Waals surface area contributed by atoms with E-state index in [4.69, 9.17) is 10.8 Å². The Morgan fingerprint density at radius 1 is 1.57 bits per heavy atom. The Hall–Kier alpha value is -0.340. The molecule has 0 amide bonds. The summed E-state index contributed by atoms with van der Waals surface area (Å²) in [6.45, 7) is -0.322. The maximum atomic E-state index is 12.5. The molecule has 0 spiro atoms. The van der Waals surface area contributed by atoms with Gasteiger partial charge in [0.15, 0.2) is 0 Å². The minimum atomic E-state index is -2.66. The Bertz CT molecular complexity index is 333. The van der Waals surface area contributed by atoms with E-state index in [1.54, 1.807) is 6.07 Å². The van der Waals surface area contributed by atoms with Crippen LogP contribution in [0.3, 0.4) is 0 Å². The third-order valence-corrected chi connectivity index (χ3v) is 2.69. The first-order valence-corrected chi connectivity index (χ1v) is 4.95. The normalized spacial score (nSPS) is 11.0. The maximum Gasteiger partial charge on any atom is 0.280 e. The summed E-state index contributed by atoms with van der Waals surface area (Å²) in [6.07, 6.45) is -2.66. The molecule has 0 saturated carbocycles. The van der Waals surface area contributed by atoms with Crippen LogP contribution >= 0.6 is 22.6 Å². The average molecular weight is 314 g/mol. The first-order chi connectivity index (χ1) is 6.60. The molecule has 0 bridgehead atoms. The fourth-order valence-electron chi connectivity index (χ4n) is 1.07. The van der Waals surface area contributed by atoms with Crippen LogP contribution in [0, 0.1) is 3.57 Å². The number of nitrogens with two attached hydrogens (primary N) is 1. The monoisotopic (exact) mass is 314 g/mol. The summed E-state index contributed by atoms with van der Waals surface area (Å²) in [5.41, 5.74) is 5.59. The number of alkyl halides is 2. The molecule has 1 aromatic rings. The second-order valence-corrected chi connectivity index (χ2v) is 3.78. The van der Waals surface area contributed by atoms with E-state index >= 15 is 0 Å². The number of aliphatic hydroxyl groups is 1. The largest absolute Gasteiger partial charge is 0.390 e. The van der Waals surface area contributed by atoms with E-state index in [0.29, 0.717) is 9.13 Å². The topological polar surface area (TPSA) is 59.1 Å². The molecule has 0 aliphatic carbocycles. The molecule has 3 nitrogen and oxygen atoms in total. The van der Waals surface area contributed by atoms with Gasteiger partial charge in [-0.1, -0.05) is 0 Å². The van der Waals surface area contributed by atoms with Crippen molar-refractivity contribution in [3.63, 3.8) is 0 Å². The van der Waals surface area contributed by atoms with Crippen LogP contribution in [0.25, 0.3) is 0 Å². The van der Waals surface area contributed by atoms with E-state index in [0.717, 1.165) is 0 Å². The van der Waals surface area contributed by atoms with Gasteiger partial charge in [-0.3, -0.25) is 0 Å². The standard InChI is InChI=1S/C8H9F2IN2O/c9-8(10)7-5(2-12)6(11)1-4(3-14)13-7/h1,8,14H,2-3,12H2. The molecule has 14 heavy (non-hydrogen) atoms. The average Bonchev–Trinajstić information content (AvgIpc) is 2.16. The van der Waals surface area contributed by atoms with Crippen LogP contribution in [-0.4, -0.2) is 10.1 Å². The number of pyridine rings is 1. The van der Waals surface area contributed by atoms with Crippen molar-refractivity contribution in [3.05, 3.63) is 26.6 Å². The van der Waals surface area contributed by atoms with Crippen molar-refractivity contribution in [2.75, 3.05) is 0 Å². The summed E-state index contributed by atoms with van der Waals surface area (Å²) in [5, 5.41) is 8.79. The molecular weight excluding hydrogens is 305 g/mol. The molecule has 0 radical (unpaired) electrons. The van der Waals surface area contributed by atoms with Gasteiger partial charge in [0, 0.05) is 15.7 Å². The number of rotatable bonds is 3. The van der Waals surface area contributed by atoms with E-state index in [9.17, 15) is 8.78 Å². The molecule has 1 aromatic heterocycles. The van der Waals surface area contributed by atoms with Crippen molar-refractivity contribution < 1.29 is 13.9 Å². The quantitative estimate of drug-likeness (QED) is 0.833. The van der Waals surface area contributed by atoms with Gasteiger partial charge in [0.05, 0.1) is 12.3 Å². The highest BCUT2D eigenvalue weighted by atomic mass is 127. The molecule has 0 unspecified atom stereocenters. The van der Waals surface area contributed by atoms with Crippen molar-refractivity contribution in [1.82, 2.24) is 4.98 Å². The summed E-state index contributed by atoms with van der Waals surface area (Å²) in [6, 6.07) is 1.55. The molecule has 0 aliphatic heterocycles. The number of aromatic nitrogens is 1. The number of halogens is 3. The summed E-state index contributed by atoms with van der Waals surface area (Å²) in [5.74, 6) is 0. The third-order valence-electron chi connectivity index (χ3n) is 1.73. The number of hydrogen-bond acceptors (Lipinski definition) is 3. The van der Waals surface area contributed by atoms with Crippen LogP contribution in [0.4, 0.5) is 8.78 Å². The van der Waals surface area contributed by atoms with Crippen molar-refractivity contribution in [2.45, 2.75) is 19.6 Å². The summed E-state index contributed by atoms with van der Waals surface area (Å²) >= 11 is 1.90. The molecule has 6 heteroatoms. The van der Waals surface area contributed by atoms with Gasteiger partial charge in [-0.15, -0.1) is 0 Å².